The molecule has 0 radical (unpaired) electrons. The lowest BCUT2D eigenvalue weighted by molar-refractivity contribution is -0.203. The van der Waals surface area contributed by atoms with Gasteiger partial charge in [0.25, 0.3) is 0 Å². The van der Waals surface area contributed by atoms with E-state index in [1.165, 1.54) is 0 Å². The Labute approximate surface area is 96.3 Å². The Bertz CT molecular complexity index is 234. The second-order valence-electron chi connectivity index (χ2n) is 4.27. The van der Waals surface area contributed by atoms with Crippen molar-refractivity contribution in [1.82, 2.24) is 0 Å². The van der Waals surface area contributed by atoms with E-state index in [1.54, 1.807) is 0 Å². The number of unbranched alkanes of at least 4 members (excludes halogenated alkanes) is 2. The largest absolute Gasteiger partial charge is 0.427 e. The zero-order valence-electron chi connectivity index (χ0n) is 10.1. The van der Waals surface area contributed by atoms with Crippen molar-refractivity contribution in [3.8, 4) is 0 Å². The van der Waals surface area contributed by atoms with Crippen LogP contribution in [0.25, 0.3) is 0 Å². The minimum atomic E-state index is -1.02. The fraction of sp³-hybridized carbons (Fsp3) is 0.833. The van der Waals surface area contributed by atoms with E-state index in [2.05, 4.69) is 0 Å². The average molecular weight is 228 g/mol. The highest BCUT2D eigenvalue weighted by molar-refractivity contribution is 6.01. The van der Waals surface area contributed by atoms with Crippen LogP contribution in [-0.4, -0.2) is 18.7 Å². The summed E-state index contributed by atoms with van der Waals surface area (Å²) in [6.45, 7) is 3.84. The molecule has 92 valence electrons. The molecule has 0 spiro atoms. The molecule has 1 rings (SSSR count). The number of carbonyl (C=O) groups excluding carboxylic acids is 2. The molecular weight excluding hydrogens is 208 g/mol. The first-order valence-electron chi connectivity index (χ1n) is 6.02. The van der Waals surface area contributed by atoms with Crippen LogP contribution in [0, 0.1) is 5.41 Å². The summed E-state index contributed by atoms with van der Waals surface area (Å²) in [6, 6.07) is 0. The molecule has 0 amide bonds. The number of cyclic esters (lactones) is 2. The Morgan fingerprint density at radius 2 is 1.44 bits per heavy atom. The summed E-state index contributed by atoms with van der Waals surface area (Å²) in [6.07, 6.45) is 4.67. The summed E-state index contributed by atoms with van der Waals surface area (Å²) in [5.41, 5.74) is -1.02. The van der Waals surface area contributed by atoms with E-state index in [-0.39, 0.29) is 6.79 Å². The lowest BCUT2D eigenvalue weighted by Gasteiger charge is -2.32. The zero-order chi connectivity index (χ0) is 12.0. The third kappa shape index (κ3) is 2.54. The van der Waals surface area contributed by atoms with Crippen molar-refractivity contribution in [1.29, 1.82) is 0 Å². The minimum Gasteiger partial charge on any atom is -0.427 e. The van der Waals surface area contributed by atoms with Crippen molar-refractivity contribution in [3.05, 3.63) is 0 Å². The van der Waals surface area contributed by atoms with Gasteiger partial charge < -0.3 is 9.47 Å². The second-order valence-corrected chi connectivity index (χ2v) is 4.27. The maximum atomic E-state index is 11.8. The SMILES string of the molecule is CCCCC1(CCCC)C(=O)OCOC1=O. The van der Waals surface area contributed by atoms with Gasteiger partial charge in [-0.25, -0.2) is 0 Å². The van der Waals surface area contributed by atoms with Gasteiger partial charge in [-0.15, -0.1) is 0 Å². The molecule has 0 aromatic heterocycles. The highest BCUT2D eigenvalue weighted by Gasteiger charge is 2.50. The third-order valence-electron chi connectivity index (χ3n) is 3.08. The number of ether oxygens (including phenoxy) is 2. The van der Waals surface area contributed by atoms with Gasteiger partial charge in [0.1, 0.15) is 0 Å². The molecule has 16 heavy (non-hydrogen) atoms. The van der Waals surface area contributed by atoms with Crippen LogP contribution < -0.4 is 0 Å². The lowest BCUT2D eigenvalue weighted by atomic mass is 9.78. The Morgan fingerprint density at radius 1 is 1.00 bits per heavy atom. The van der Waals surface area contributed by atoms with E-state index in [0.29, 0.717) is 12.8 Å². The summed E-state index contributed by atoms with van der Waals surface area (Å²) in [5.74, 6) is -0.795. The normalized spacial score (nSPS) is 19.1. The standard InChI is InChI=1S/C12H20O4/c1-3-5-7-12(8-6-4-2)10(13)15-9-16-11(12)14/h3-9H2,1-2H3. The molecule has 0 N–H and O–H groups in total. The molecule has 1 fully saturated rings. The van der Waals surface area contributed by atoms with Gasteiger partial charge >= 0.3 is 11.9 Å². The molecule has 1 aliphatic heterocycles. The van der Waals surface area contributed by atoms with Crippen LogP contribution in [0.2, 0.25) is 0 Å². The summed E-state index contributed by atoms with van der Waals surface area (Å²) < 4.78 is 9.75. The molecule has 0 aromatic rings. The van der Waals surface area contributed by atoms with Crippen LogP contribution >= 0.6 is 0 Å². The fourth-order valence-corrected chi connectivity index (χ4v) is 1.99. The van der Waals surface area contributed by atoms with Crippen molar-refractivity contribution in [2.45, 2.75) is 52.4 Å². The van der Waals surface area contributed by atoms with Gasteiger partial charge in [-0.1, -0.05) is 39.5 Å². The van der Waals surface area contributed by atoms with Crippen molar-refractivity contribution in [2.24, 2.45) is 5.41 Å². The predicted molar refractivity (Wildman–Crippen MR) is 58.5 cm³/mol. The van der Waals surface area contributed by atoms with Gasteiger partial charge in [0, 0.05) is 0 Å². The van der Waals surface area contributed by atoms with Crippen LogP contribution in [0.3, 0.4) is 0 Å². The molecular formula is C12H20O4. The molecule has 1 heterocycles. The number of hydrogen-bond donors (Lipinski definition) is 0. The number of hydrogen-bond acceptors (Lipinski definition) is 4. The zero-order valence-corrected chi connectivity index (χ0v) is 10.1. The third-order valence-corrected chi connectivity index (χ3v) is 3.08. The van der Waals surface area contributed by atoms with E-state index in [4.69, 9.17) is 9.47 Å². The maximum absolute atomic E-state index is 11.8. The Hall–Kier alpha value is -1.06. The van der Waals surface area contributed by atoms with Crippen molar-refractivity contribution in [2.75, 3.05) is 6.79 Å². The predicted octanol–water partition coefficient (Wildman–Crippen LogP) is 2.41. The molecule has 1 saturated heterocycles. The molecule has 0 bridgehead atoms. The molecule has 0 saturated carbocycles. The molecule has 1 aliphatic rings. The van der Waals surface area contributed by atoms with Crippen LogP contribution in [0.5, 0.6) is 0 Å². The van der Waals surface area contributed by atoms with Crippen LogP contribution in [-0.2, 0) is 19.1 Å². The van der Waals surface area contributed by atoms with E-state index >= 15 is 0 Å². The van der Waals surface area contributed by atoms with Crippen molar-refractivity contribution < 1.29 is 19.1 Å². The monoisotopic (exact) mass is 228 g/mol. The second kappa shape index (κ2) is 5.87. The number of carbonyl (C=O) groups is 2. The minimum absolute atomic E-state index is 0.225. The summed E-state index contributed by atoms with van der Waals surface area (Å²) >= 11 is 0. The molecule has 4 nitrogen and oxygen atoms in total. The van der Waals surface area contributed by atoms with Crippen LogP contribution in [0.15, 0.2) is 0 Å². The Kier molecular flexibility index (Phi) is 4.77. The Balaban J connectivity index is 2.80. The summed E-state index contributed by atoms with van der Waals surface area (Å²) in [5, 5.41) is 0. The molecule has 4 heteroatoms. The lowest BCUT2D eigenvalue weighted by Crippen LogP contribution is -2.46. The van der Waals surface area contributed by atoms with Crippen LogP contribution in [0.1, 0.15) is 52.4 Å². The topological polar surface area (TPSA) is 52.6 Å². The van der Waals surface area contributed by atoms with Crippen molar-refractivity contribution in [3.63, 3.8) is 0 Å². The fourth-order valence-electron chi connectivity index (χ4n) is 1.99. The first kappa shape index (κ1) is 13.0. The van der Waals surface area contributed by atoms with Gasteiger partial charge in [-0.3, -0.25) is 9.59 Å². The number of rotatable bonds is 6. The van der Waals surface area contributed by atoms with E-state index in [1.807, 2.05) is 13.8 Å². The molecule has 0 unspecified atom stereocenters. The smallest absolute Gasteiger partial charge is 0.326 e. The maximum Gasteiger partial charge on any atom is 0.326 e. The van der Waals surface area contributed by atoms with Gasteiger partial charge in [0.15, 0.2) is 5.41 Å². The van der Waals surface area contributed by atoms with Crippen molar-refractivity contribution >= 4 is 11.9 Å². The molecule has 0 atom stereocenters. The summed E-state index contributed by atoms with van der Waals surface area (Å²) in [7, 11) is 0. The first-order valence-corrected chi connectivity index (χ1v) is 6.02. The van der Waals surface area contributed by atoms with Gasteiger partial charge in [-0.05, 0) is 12.8 Å². The van der Waals surface area contributed by atoms with E-state index in [9.17, 15) is 9.59 Å². The van der Waals surface area contributed by atoms with E-state index < -0.39 is 17.4 Å². The first-order chi connectivity index (χ1) is 7.67. The van der Waals surface area contributed by atoms with Crippen LogP contribution in [0.4, 0.5) is 0 Å². The molecule has 0 aliphatic carbocycles. The van der Waals surface area contributed by atoms with Gasteiger partial charge in [0.05, 0.1) is 0 Å². The van der Waals surface area contributed by atoms with E-state index in [0.717, 1.165) is 25.7 Å². The Morgan fingerprint density at radius 3 is 1.81 bits per heavy atom. The van der Waals surface area contributed by atoms with Gasteiger partial charge in [-0.2, -0.15) is 0 Å². The quantitative estimate of drug-likeness (QED) is 0.517. The highest BCUT2D eigenvalue weighted by atomic mass is 16.7. The average Bonchev–Trinajstić information content (AvgIpc) is 2.28. The molecule has 0 aromatic carbocycles. The highest BCUT2D eigenvalue weighted by Crippen LogP contribution is 2.36. The number of esters is 2. The summed E-state index contributed by atoms with van der Waals surface area (Å²) in [4.78, 5) is 23.6. The van der Waals surface area contributed by atoms with Gasteiger partial charge in [0.2, 0.25) is 6.79 Å².